The SMILES string of the molecule is CN(c1ccnc2ccccc12)n1cccc1C=O. The van der Waals surface area contributed by atoms with Crippen LogP contribution < -0.4 is 5.01 Å². The molecule has 2 heterocycles. The maximum Gasteiger partial charge on any atom is 0.168 e. The van der Waals surface area contributed by atoms with Crippen LogP contribution in [0.2, 0.25) is 0 Å². The molecule has 2 aromatic heterocycles. The number of para-hydroxylation sites is 1. The molecule has 94 valence electrons. The average molecular weight is 251 g/mol. The second-order valence-electron chi connectivity index (χ2n) is 4.27. The van der Waals surface area contributed by atoms with Gasteiger partial charge in [-0.25, -0.2) is 0 Å². The zero-order chi connectivity index (χ0) is 13.2. The molecule has 0 aliphatic carbocycles. The van der Waals surface area contributed by atoms with E-state index in [2.05, 4.69) is 4.98 Å². The van der Waals surface area contributed by atoms with Gasteiger partial charge in [0.2, 0.25) is 0 Å². The van der Waals surface area contributed by atoms with E-state index in [1.807, 2.05) is 59.3 Å². The summed E-state index contributed by atoms with van der Waals surface area (Å²) in [7, 11) is 1.93. The highest BCUT2D eigenvalue weighted by Gasteiger charge is 2.10. The highest BCUT2D eigenvalue weighted by molar-refractivity contribution is 5.91. The van der Waals surface area contributed by atoms with E-state index in [9.17, 15) is 4.79 Å². The van der Waals surface area contributed by atoms with E-state index in [0.717, 1.165) is 22.9 Å². The van der Waals surface area contributed by atoms with Gasteiger partial charge in [0.1, 0.15) is 5.69 Å². The number of benzene rings is 1. The summed E-state index contributed by atoms with van der Waals surface area (Å²) in [5, 5.41) is 2.99. The zero-order valence-corrected chi connectivity index (χ0v) is 10.5. The molecular formula is C15H13N3O. The third-order valence-corrected chi connectivity index (χ3v) is 3.18. The topological polar surface area (TPSA) is 38.1 Å². The Balaban J connectivity index is 2.17. The van der Waals surface area contributed by atoms with Crippen molar-refractivity contribution < 1.29 is 4.79 Å². The molecule has 3 aromatic rings. The molecule has 4 nitrogen and oxygen atoms in total. The summed E-state index contributed by atoms with van der Waals surface area (Å²) in [6.45, 7) is 0. The molecule has 0 saturated heterocycles. The van der Waals surface area contributed by atoms with E-state index in [1.165, 1.54) is 0 Å². The van der Waals surface area contributed by atoms with Gasteiger partial charge >= 0.3 is 0 Å². The molecule has 0 aliphatic heterocycles. The van der Waals surface area contributed by atoms with Crippen molar-refractivity contribution in [1.82, 2.24) is 9.66 Å². The molecule has 0 fully saturated rings. The van der Waals surface area contributed by atoms with Crippen LogP contribution in [0.25, 0.3) is 10.9 Å². The number of hydrogen-bond acceptors (Lipinski definition) is 3. The van der Waals surface area contributed by atoms with Gasteiger partial charge in [-0.1, -0.05) is 18.2 Å². The molecular weight excluding hydrogens is 238 g/mol. The fourth-order valence-corrected chi connectivity index (χ4v) is 2.23. The Bertz CT molecular complexity index is 728. The zero-order valence-electron chi connectivity index (χ0n) is 10.5. The molecule has 0 aliphatic rings. The number of hydrogen-bond donors (Lipinski definition) is 0. The van der Waals surface area contributed by atoms with E-state index in [0.29, 0.717) is 5.69 Å². The fourth-order valence-electron chi connectivity index (χ4n) is 2.23. The first-order valence-corrected chi connectivity index (χ1v) is 6.01. The Morgan fingerprint density at radius 3 is 2.84 bits per heavy atom. The molecule has 0 unspecified atom stereocenters. The summed E-state index contributed by atoms with van der Waals surface area (Å²) in [6.07, 6.45) is 4.48. The Kier molecular flexibility index (Phi) is 2.76. The number of rotatable bonds is 3. The molecule has 0 bridgehead atoms. The van der Waals surface area contributed by atoms with Gasteiger partial charge in [-0.15, -0.1) is 0 Å². The van der Waals surface area contributed by atoms with E-state index in [1.54, 1.807) is 12.3 Å². The standard InChI is InChI=1S/C15H13N3O/c1-17(18-10-4-5-12(18)11-19)15-8-9-16-14-7-3-2-6-13(14)15/h2-11H,1H3. The number of aldehydes is 1. The predicted octanol–water partition coefficient (Wildman–Crippen LogP) is 2.75. The molecule has 0 radical (unpaired) electrons. The first-order chi connectivity index (χ1) is 9.31. The molecule has 4 heteroatoms. The van der Waals surface area contributed by atoms with Crippen LogP contribution in [-0.4, -0.2) is 23.0 Å². The van der Waals surface area contributed by atoms with Gasteiger partial charge in [0.15, 0.2) is 6.29 Å². The third-order valence-electron chi connectivity index (χ3n) is 3.18. The Hall–Kier alpha value is -2.62. The summed E-state index contributed by atoms with van der Waals surface area (Å²) >= 11 is 0. The first-order valence-electron chi connectivity index (χ1n) is 6.01. The van der Waals surface area contributed by atoms with Crippen molar-refractivity contribution in [2.24, 2.45) is 0 Å². The predicted molar refractivity (Wildman–Crippen MR) is 75.4 cm³/mol. The van der Waals surface area contributed by atoms with Crippen molar-refractivity contribution in [3.63, 3.8) is 0 Å². The minimum Gasteiger partial charge on any atom is -0.296 e. The number of aromatic nitrogens is 2. The highest BCUT2D eigenvalue weighted by atomic mass is 16.1. The lowest BCUT2D eigenvalue weighted by Gasteiger charge is -2.23. The normalized spacial score (nSPS) is 10.6. The molecule has 0 saturated carbocycles. The van der Waals surface area contributed by atoms with E-state index in [4.69, 9.17) is 0 Å². The molecule has 0 N–H and O–H groups in total. The second kappa shape index (κ2) is 4.57. The van der Waals surface area contributed by atoms with Crippen molar-refractivity contribution in [3.8, 4) is 0 Å². The maximum atomic E-state index is 11.0. The van der Waals surface area contributed by atoms with E-state index < -0.39 is 0 Å². The van der Waals surface area contributed by atoms with Crippen LogP contribution in [0.5, 0.6) is 0 Å². The number of carbonyl (C=O) groups is 1. The van der Waals surface area contributed by atoms with Gasteiger partial charge in [0, 0.05) is 24.8 Å². The largest absolute Gasteiger partial charge is 0.296 e. The molecule has 0 spiro atoms. The van der Waals surface area contributed by atoms with Gasteiger partial charge in [-0.3, -0.25) is 19.5 Å². The van der Waals surface area contributed by atoms with Crippen LogP contribution in [0, 0.1) is 0 Å². The molecule has 0 atom stereocenters. The minimum absolute atomic E-state index is 0.614. The van der Waals surface area contributed by atoms with E-state index in [-0.39, 0.29) is 0 Å². The summed E-state index contributed by atoms with van der Waals surface area (Å²) in [5.74, 6) is 0. The second-order valence-corrected chi connectivity index (χ2v) is 4.27. The highest BCUT2D eigenvalue weighted by Crippen LogP contribution is 2.24. The minimum atomic E-state index is 0.614. The van der Waals surface area contributed by atoms with Crippen molar-refractivity contribution in [3.05, 3.63) is 60.6 Å². The van der Waals surface area contributed by atoms with Crippen LogP contribution in [0.4, 0.5) is 5.69 Å². The number of anilines is 1. The lowest BCUT2D eigenvalue weighted by molar-refractivity contribution is 0.111. The molecule has 19 heavy (non-hydrogen) atoms. The summed E-state index contributed by atoms with van der Waals surface area (Å²) in [4.78, 5) is 15.4. The molecule has 0 amide bonds. The van der Waals surface area contributed by atoms with Gasteiger partial charge in [-0.2, -0.15) is 0 Å². The van der Waals surface area contributed by atoms with Crippen LogP contribution in [0.1, 0.15) is 10.5 Å². The summed E-state index contributed by atoms with van der Waals surface area (Å²) in [5.41, 5.74) is 2.56. The fraction of sp³-hybridized carbons (Fsp3) is 0.0667. The van der Waals surface area contributed by atoms with Gasteiger partial charge in [0.05, 0.1) is 11.2 Å². The quantitative estimate of drug-likeness (QED) is 0.672. The first kappa shape index (κ1) is 11.5. The number of carbonyl (C=O) groups excluding carboxylic acids is 1. The Morgan fingerprint density at radius 1 is 1.16 bits per heavy atom. The van der Waals surface area contributed by atoms with Crippen LogP contribution in [0.3, 0.4) is 0 Å². The average Bonchev–Trinajstić information content (AvgIpc) is 2.94. The van der Waals surface area contributed by atoms with Gasteiger partial charge < -0.3 is 0 Å². The lowest BCUT2D eigenvalue weighted by atomic mass is 10.2. The van der Waals surface area contributed by atoms with Crippen LogP contribution in [0.15, 0.2) is 54.9 Å². The summed E-state index contributed by atoms with van der Waals surface area (Å²) in [6, 6.07) is 13.5. The Morgan fingerprint density at radius 2 is 2.00 bits per heavy atom. The monoisotopic (exact) mass is 251 g/mol. The smallest absolute Gasteiger partial charge is 0.168 e. The number of pyridine rings is 1. The third kappa shape index (κ3) is 1.87. The molecule has 3 rings (SSSR count). The van der Waals surface area contributed by atoms with Gasteiger partial charge in [0.25, 0.3) is 0 Å². The van der Waals surface area contributed by atoms with E-state index >= 15 is 0 Å². The van der Waals surface area contributed by atoms with Crippen molar-refractivity contribution >= 4 is 22.9 Å². The number of nitrogens with zero attached hydrogens (tertiary/aromatic N) is 3. The summed E-state index contributed by atoms with van der Waals surface area (Å²) < 4.78 is 1.81. The lowest BCUT2D eigenvalue weighted by Crippen LogP contribution is -2.25. The number of fused-ring (bicyclic) bond motifs is 1. The maximum absolute atomic E-state index is 11.0. The van der Waals surface area contributed by atoms with Crippen molar-refractivity contribution in [2.45, 2.75) is 0 Å². The molecule has 1 aromatic carbocycles. The van der Waals surface area contributed by atoms with Gasteiger partial charge in [-0.05, 0) is 24.3 Å². The van der Waals surface area contributed by atoms with Crippen LogP contribution in [-0.2, 0) is 0 Å². The Labute approximate surface area is 110 Å². The van der Waals surface area contributed by atoms with Crippen LogP contribution >= 0.6 is 0 Å². The van der Waals surface area contributed by atoms with Crippen molar-refractivity contribution in [2.75, 3.05) is 12.1 Å². The van der Waals surface area contributed by atoms with Crippen molar-refractivity contribution in [1.29, 1.82) is 0 Å².